The van der Waals surface area contributed by atoms with Crippen LogP contribution in [-0.2, 0) is 14.6 Å². The number of halogens is 3. The van der Waals surface area contributed by atoms with Crippen LogP contribution in [0.25, 0.3) is 0 Å². The van der Waals surface area contributed by atoms with E-state index in [1.54, 1.807) is 20.8 Å². The molecule has 7 nitrogen and oxygen atoms in total. The van der Waals surface area contributed by atoms with Crippen LogP contribution in [0.5, 0.6) is 0 Å². The van der Waals surface area contributed by atoms with Crippen molar-refractivity contribution in [2.75, 3.05) is 5.32 Å². The number of carbonyl (C=O) groups excluding carboxylic acids is 1. The third-order valence-electron chi connectivity index (χ3n) is 3.43. The topological polar surface area (TPSA) is 106 Å². The van der Waals surface area contributed by atoms with Crippen LogP contribution in [0.2, 0.25) is 0 Å². The van der Waals surface area contributed by atoms with Crippen molar-refractivity contribution in [3.63, 3.8) is 0 Å². The van der Waals surface area contributed by atoms with E-state index in [0.717, 1.165) is 6.07 Å². The van der Waals surface area contributed by atoms with Crippen LogP contribution in [0.3, 0.4) is 0 Å². The molecule has 0 aliphatic rings. The Kier molecular flexibility index (Phi) is 5.59. The third kappa shape index (κ3) is 4.02. The molecule has 1 N–H and O–H groups in total. The average molecular weight is 368 g/mol. The maximum Gasteiger partial charge on any atom is 0.502 e. The van der Waals surface area contributed by atoms with Crippen LogP contribution in [0, 0.1) is 22.0 Å². The van der Waals surface area contributed by atoms with E-state index >= 15 is 0 Å². The van der Waals surface area contributed by atoms with Gasteiger partial charge < -0.3 is 5.32 Å². The molecule has 1 aromatic rings. The molecule has 0 fully saturated rings. The maximum absolute atomic E-state index is 12.7. The van der Waals surface area contributed by atoms with E-state index in [0.29, 0.717) is 12.1 Å². The molecule has 0 saturated carbocycles. The van der Waals surface area contributed by atoms with Crippen molar-refractivity contribution >= 4 is 27.1 Å². The van der Waals surface area contributed by atoms with E-state index in [1.165, 1.54) is 0 Å². The second-order valence-corrected chi connectivity index (χ2v) is 7.32. The van der Waals surface area contributed by atoms with Crippen molar-refractivity contribution in [1.29, 1.82) is 0 Å². The molecule has 1 aromatic carbocycles. The first-order valence-electron chi connectivity index (χ1n) is 6.69. The summed E-state index contributed by atoms with van der Waals surface area (Å²) in [7, 11) is -5.94. The van der Waals surface area contributed by atoms with Crippen LogP contribution in [-0.4, -0.2) is 24.8 Å². The van der Waals surface area contributed by atoms with Gasteiger partial charge in [-0.15, -0.1) is 0 Å². The number of carbonyl (C=O) groups is 1. The number of nitro groups is 1. The minimum Gasteiger partial charge on any atom is -0.326 e. The number of hydrogen-bond donors (Lipinski definition) is 1. The Hall–Kier alpha value is -2.17. The lowest BCUT2D eigenvalue weighted by atomic mass is 9.97. The van der Waals surface area contributed by atoms with E-state index in [4.69, 9.17) is 0 Å². The van der Waals surface area contributed by atoms with Gasteiger partial charge in [0, 0.05) is 17.7 Å². The number of rotatable bonds is 5. The molecule has 1 amide bonds. The van der Waals surface area contributed by atoms with Gasteiger partial charge in [0.25, 0.3) is 15.5 Å². The SMILES string of the molecule is CC(C)C(C)C(=O)Nc1ccc([N+](=O)[O-])c(S(=O)(=O)C(F)(F)F)c1. The molecule has 0 aromatic heterocycles. The Morgan fingerprint density at radius 2 is 1.79 bits per heavy atom. The summed E-state index contributed by atoms with van der Waals surface area (Å²) in [6, 6.07) is 2.01. The summed E-state index contributed by atoms with van der Waals surface area (Å²) in [5, 5.41) is 13.1. The Morgan fingerprint density at radius 3 is 2.21 bits per heavy atom. The number of alkyl halides is 3. The lowest BCUT2D eigenvalue weighted by Crippen LogP contribution is -2.26. The van der Waals surface area contributed by atoms with Gasteiger partial charge in [0.2, 0.25) is 5.91 Å². The summed E-state index contributed by atoms with van der Waals surface area (Å²) in [5.41, 5.74) is -7.20. The van der Waals surface area contributed by atoms with Gasteiger partial charge in [0.05, 0.1) is 4.92 Å². The molecule has 1 unspecified atom stereocenters. The highest BCUT2D eigenvalue weighted by molar-refractivity contribution is 7.92. The number of sulfone groups is 1. The number of nitrogens with one attached hydrogen (secondary N) is 1. The van der Waals surface area contributed by atoms with Crippen molar-refractivity contribution in [3.05, 3.63) is 28.3 Å². The summed E-state index contributed by atoms with van der Waals surface area (Å²) in [6.07, 6.45) is 0. The third-order valence-corrected chi connectivity index (χ3v) is 4.95. The smallest absolute Gasteiger partial charge is 0.326 e. The van der Waals surface area contributed by atoms with Gasteiger partial charge >= 0.3 is 5.51 Å². The molecule has 1 atom stereocenters. The molecule has 0 radical (unpaired) electrons. The molecule has 0 saturated heterocycles. The van der Waals surface area contributed by atoms with Crippen LogP contribution < -0.4 is 5.32 Å². The van der Waals surface area contributed by atoms with E-state index in [2.05, 4.69) is 5.32 Å². The summed E-state index contributed by atoms with van der Waals surface area (Å²) >= 11 is 0. The first kappa shape index (κ1) is 19.9. The summed E-state index contributed by atoms with van der Waals surface area (Å²) in [4.78, 5) is 20.0. The first-order valence-corrected chi connectivity index (χ1v) is 8.18. The molecule has 134 valence electrons. The minimum atomic E-state index is -5.94. The standard InChI is InChI=1S/C13H15F3N2O5S/c1-7(2)8(3)12(19)17-9-4-5-10(18(20)21)11(6-9)24(22,23)13(14,15)16/h4-8H,1-3H3,(H,17,19). The second kappa shape index (κ2) is 6.75. The fourth-order valence-electron chi connectivity index (χ4n) is 1.64. The average Bonchev–Trinajstić information content (AvgIpc) is 2.44. The van der Waals surface area contributed by atoms with Crippen molar-refractivity contribution in [2.24, 2.45) is 11.8 Å². The molecular weight excluding hydrogens is 353 g/mol. The highest BCUT2D eigenvalue weighted by atomic mass is 32.2. The Balaban J connectivity index is 3.39. The van der Waals surface area contributed by atoms with Crippen LogP contribution >= 0.6 is 0 Å². The summed E-state index contributed by atoms with van der Waals surface area (Å²) in [5.74, 6) is -1.11. The quantitative estimate of drug-likeness (QED) is 0.635. The molecule has 0 heterocycles. The summed E-state index contributed by atoms with van der Waals surface area (Å²) in [6.45, 7) is 5.08. The lowest BCUT2D eigenvalue weighted by molar-refractivity contribution is -0.387. The molecule has 0 bridgehead atoms. The first-order chi connectivity index (χ1) is 10.8. The second-order valence-electron chi connectivity index (χ2n) is 5.41. The molecule has 24 heavy (non-hydrogen) atoms. The number of nitrogens with zero attached hydrogens (tertiary/aromatic N) is 1. The zero-order chi connectivity index (χ0) is 18.9. The van der Waals surface area contributed by atoms with Gasteiger partial charge in [-0.05, 0) is 18.1 Å². The van der Waals surface area contributed by atoms with E-state index in [9.17, 15) is 36.5 Å². The monoisotopic (exact) mass is 368 g/mol. The van der Waals surface area contributed by atoms with Gasteiger partial charge in [-0.1, -0.05) is 20.8 Å². The largest absolute Gasteiger partial charge is 0.502 e. The van der Waals surface area contributed by atoms with Gasteiger partial charge in [-0.2, -0.15) is 13.2 Å². The number of benzene rings is 1. The summed E-state index contributed by atoms with van der Waals surface area (Å²) < 4.78 is 61.1. The zero-order valence-electron chi connectivity index (χ0n) is 12.9. The molecule has 0 aliphatic carbocycles. The highest BCUT2D eigenvalue weighted by Gasteiger charge is 2.50. The number of amides is 1. The normalized spacial score (nSPS) is 13.6. The molecule has 1 rings (SSSR count). The van der Waals surface area contributed by atoms with Crippen molar-refractivity contribution < 1.29 is 31.3 Å². The van der Waals surface area contributed by atoms with Gasteiger partial charge in [-0.3, -0.25) is 14.9 Å². The van der Waals surface area contributed by atoms with Crippen LogP contribution in [0.15, 0.2) is 23.1 Å². The van der Waals surface area contributed by atoms with E-state index in [-0.39, 0.29) is 11.6 Å². The van der Waals surface area contributed by atoms with Crippen molar-refractivity contribution in [3.8, 4) is 0 Å². The molecule has 0 spiro atoms. The van der Waals surface area contributed by atoms with Gasteiger partial charge in [0.1, 0.15) is 0 Å². The molecule has 0 aliphatic heterocycles. The van der Waals surface area contributed by atoms with Crippen LogP contribution in [0.1, 0.15) is 20.8 Å². The number of anilines is 1. The molecule has 11 heteroatoms. The van der Waals surface area contributed by atoms with Crippen molar-refractivity contribution in [2.45, 2.75) is 31.2 Å². The Morgan fingerprint density at radius 1 is 1.25 bits per heavy atom. The fourth-order valence-corrected chi connectivity index (χ4v) is 2.59. The van der Waals surface area contributed by atoms with Crippen LogP contribution in [0.4, 0.5) is 24.5 Å². The van der Waals surface area contributed by atoms with E-state index in [1.807, 2.05) is 0 Å². The highest BCUT2D eigenvalue weighted by Crippen LogP contribution is 2.36. The Labute approximate surface area is 135 Å². The predicted molar refractivity (Wildman–Crippen MR) is 79.0 cm³/mol. The predicted octanol–water partition coefficient (Wildman–Crippen LogP) is 3.12. The number of hydrogen-bond acceptors (Lipinski definition) is 5. The lowest BCUT2D eigenvalue weighted by Gasteiger charge is -2.16. The Bertz CT molecular complexity index is 759. The maximum atomic E-state index is 12.7. The van der Waals surface area contributed by atoms with Gasteiger partial charge in [0.15, 0.2) is 4.90 Å². The fraction of sp³-hybridized carbons (Fsp3) is 0.462. The van der Waals surface area contributed by atoms with Gasteiger partial charge in [-0.25, -0.2) is 8.42 Å². The zero-order valence-corrected chi connectivity index (χ0v) is 13.7. The van der Waals surface area contributed by atoms with Crippen molar-refractivity contribution in [1.82, 2.24) is 0 Å². The number of nitro benzene ring substituents is 1. The van der Waals surface area contributed by atoms with E-state index < -0.39 is 42.7 Å². The molecular formula is C13H15F3N2O5S. The minimum absolute atomic E-state index is 0.0681.